The first-order chi connectivity index (χ1) is 9.31. The van der Waals surface area contributed by atoms with Crippen LogP contribution >= 0.6 is 12.4 Å². The molecule has 21 heavy (non-hydrogen) atoms. The number of nitro groups is 1. The van der Waals surface area contributed by atoms with E-state index in [1.54, 1.807) is 11.9 Å². The molecule has 9 heteroatoms. The number of aromatic nitrogens is 2. The monoisotopic (exact) mass is 319 g/mol. The number of likely N-dealkylation sites (N-methyl/N-ethyl adjacent to an activating group) is 1. The molecule has 0 aromatic carbocycles. The molecule has 8 nitrogen and oxygen atoms in total. The van der Waals surface area contributed by atoms with Crippen molar-refractivity contribution in [3.63, 3.8) is 0 Å². The first-order valence-corrected chi connectivity index (χ1v) is 6.48. The minimum Gasteiger partial charge on any atom is -0.358 e. The fourth-order valence-corrected chi connectivity index (χ4v) is 1.60. The van der Waals surface area contributed by atoms with E-state index < -0.39 is 4.92 Å². The number of hydrogen-bond donors (Lipinski definition) is 1. The van der Waals surface area contributed by atoms with Crippen molar-refractivity contribution in [2.75, 3.05) is 13.6 Å². The van der Waals surface area contributed by atoms with Gasteiger partial charge in [0.05, 0.1) is 17.4 Å². The zero-order valence-corrected chi connectivity index (χ0v) is 13.2. The number of carbonyl (C=O) groups is 1. The van der Waals surface area contributed by atoms with E-state index in [1.807, 2.05) is 13.8 Å². The minimum atomic E-state index is -0.591. The molecule has 1 rings (SSSR count). The summed E-state index contributed by atoms with van der Waals surface area (Å²) in [6, 6.07) is 1.32. The van der Waals surface area contributed by atoms with Gasteiger partial charge in [0.1, 0.15) is 6.54 Å². The maximum Gasteiger partial charge on any atom is 0.389 e. The fraction of sp³-hybridized carbons (Fsp3) is 0.667. The Labute approximate surface area is 129 Å². The highest BCUT2D eigenvalue weighted by molar-refractivity contribution is 5.85. The minimum absolute atomic E-state index is 0. The number of halogens is 1. The lowest BCUT2D eigenvalue weighted by molar-refractivity contribution is -0.389. The highest BCUT2D eigenvalue weighted by Crippen LogP contribution is 2.06. The lowest BCUT2D eigenvalue weighted by Crippen LogP contribution is -2.36. The van der Waals surface area contributed by atoms with Gasteiger partial charge in [0.15, 0.2) is 0 Å². The summed E-state index contributed by atoms with van der Waals surface area (Å²) in [6.07, 6.45) is 2.14. The number of carbonyl (C=O) groups excluding carboxylic acids is 1. The van der Waals surface area contributed by atoms with Gasteiger partial charge in [-0.05, 0) is 17.3 Å². The van der Waals surface area contributed by atoms with Crippen LogP contribution in [0.25, 0.3) is 0 Å². The standard InChI is InChI=1S/C12H21N5O3.ClH/c1-9(2)10(13)4-6-15(3)12(18)8-16-7-5-11(14-16)17(19)20;/h5,7,9-10H,4,6,8,13H2,1-3H3;1H. The van der Waals surface area contributed by atoms with Crippen LogP contribution in [0, 0.1) is 16.0 Å². The Balaban J connectivity index is 0.00000400. The number of nitrogens with zero attached hydrogens (tertiary/aromatic N) is 4. The molecule has 0 fully saturated rings. The third kappa shape index (κ3) is 6.09. The van der Waals surface area contributed by atoms with E-state index in [4.69, 9.17) is 5.73 Å². The van der Waals surface area contributed by atoms with E-state index in [2.05, 4.69) is 5.10 Å². The van der Waals surface area contributed by atoms with Crippen molar-refractivity contribution >= 4 is 24.1 Å². The molecule has 0 spiro atoms. The maximum atomic E-state index is 11.9. The third-order valence-electron chi connectivity index (χ3n) is 3.19. The van der Waals surface area contributed by atoms with Crippen molar-refractivity contribution in [2.24, 2.45) is 11.7 Å². The summed E-state index contributed by atoms with van der Waals surface area (Å²) < 4.78 is 1.26. The Kier molecular flexibility index (Phi) is 7.90. The molecule has 0 saturated carbocycles. The van der Waals surface area contributed by atoms with Crippen molar-refractivity contribution in [1.82, 2.24) is 14.7 Å². The smallest absolute Gasteiger partial charge is 0.358 e. The molecule has 1 aromatic rings. The molecule has 1 heterocycles. The number of hydrogen-bond acceptors (Lipinski definition) is 5. The van der Waals surface area contributed by atoms with E-state index in [9.17, 15) is 14.9 Å². The van der Waals surface area contributed by atoms with E-state index in [0.29, 0.717) is 12.5 Å². The van der Waals surface area contributed by atoms with Gasteiger partial charge in [-0.1, -0.05) is 13.8 Å². The first-order valence-electron chi connectivity index (χ1n) is 6.48. The van der Waals surface area contributed by atoms with Gasteiger partial charge in [-0.3, -0.25) is 4.79 Å². The number of amides is 1. The van der Waals surface area contributed by atoms with Gasteiger partial charge in [0.25, 0.3) is 0 Å². The van der Waals surface area contributed by atoms with E-state index in [-0.39, 0.29) is 36.7 Å². The summed E-state index contributed by atoms with van der Waals surface area (Å²) >= 11 is 0. The summed E-state index contributed by atoms with van der Waals surface area (Å²) in [5.74, 6) is -0.0477. The summed E-state index contributed by atoms with van der Waals surface area (Å²) in [7, 11) is 1.69. The van der Waals surface area contributed by atoms with E-state index in [1.165, 1.54) is 16.9 Å². The molecule has 0 bridgehead atoms. The fourth-order valence-electron chi connectivity index (χ4n) is 1.60. The van der Waals surface area contributed by atoms with Crippen molar-refractivity contribution in [2.45, 2.75) is 32.9 Å². The van der Waals surface area contributed by atoms with Crippen LogP contribution in [-0.4, -0.2) is 45.1 Å². The summed E-state index contributed by atoms with van der Waals surface area (Å²) in [6.45, 7) is 4.62. The van der Waals surface area contributed by atoms with Crippen LogP contribution in [0.5, 0.6) is 0 Å². The third-order valence-corrected chi connectivity index (χ3v) is 3.19. The lowest BCUT2D eigenvalue weighted by Gasteiger charge is -2.21. The predicted octanol–water partition coefficient (Wildman–Crippen LogP) is 1.04. The highest BCUT2D eigenvalue weighted by atomic mass is 35.5. The topological polar surface area (TPSA) is 107 Å². The average Bonchev–Trinajstić information content (AvgIpc) is 2.83. The molecule has 120 valence electrons. The zero-order chi connectivity index (χ0) is 15.3. The number of rotatable bonds is 7. The van der Waals surface area contributed by atoms with Gasteiger partial charge >= 0.3 is 5.82 Å². The quantitative estimate of drug-likeness (QED) is 0.597. The molecule has 0 radical (unpaired) electrons. The van der Waals surface area contributed by atoms with Gasteiger partial charge in [0.2, 0.25) is 5.91 Å². The zero-order valence-electron chi connectivity index (χ0n) is 12.4. The summed E-state index contributed by atoms with van der Waals surface area (Å²) in [5.41, 5.74) is 5.92. The summed E-state index contributed by atoms with van der Waals surface area (Å²) in [4.78, 5) is 23.4. The van der Waals surface area contributed by atoms with Crippen LogP contribution in [0.1, 0.15) is 20.3 Å². The highest BCUT2D eigenvalue weighted by Gasteiger charge is 2.17. The van der Waals surface area contributed by atoms with Crippen LogP contribution in [0.4, 0.5) is 5.82 Å². The second kappa shape index (κ2) is 8.58. The molecule has 1 aromatic heterocycles. The molecule has 0 aliphatic rings. The molecule has 2 N–H and O–H groups in total. The van der Waals surface area contributed by atoms with Gasteiger partial charge in [-0.2, -0.15) is 4.68 Å². The van der Waals surface area contributed by atoms with Crippen molar-refractivity contribution in [1.29, 1.82) is 0 Å². The van der Waals surface area contributed by atoms with E-state index in [0.717, 1.165) is 6.42 Å². The predicted molar refractivity (Wildman–Crippen MR) is 81.2 cm³/mol. The van der Waals surface area contributed by atoms with Gasteiger partial charge in [-0.15, -0.1) is 12.4 Å². The van der Waals surface area contributed by atoms with Crippen LogP contribution in [0.3, 0.4) is 0 Å². The summed E-state index contributed by atoms with van der Waals surface area (Å²) in [5, 5.41) is 14.2. The normalized spacial score (nSPS) is 11.9. The Morgan fingerprint density at radius 2 is 2.19 bits per heavy atom. The average molecular weight is 320 g/mol. The van der Waals surface area contributed by atoms with Crippen LogP contribution in [0.15, 0.2) is 12.3 Å². The molecular weight excluding hydrogens is 298 g/mol. The van der Waals surface area contributed by atoms with Gasteiger partial charge in [-0.25, -0.2) is 0 Å². The van der Waals surface area contributed by atoms with Crippen LogP contribution in [0.2, 0.25) is 0 Å². The molecule has 0 saturated heterocycles. The molecule has 0 aliphatic heterocycles. The van der Waals surface area contributed by atoms with Gasteiger partial charge < -0.3 is 20.7 Å². The maximum absolute atomic E-state index is 11.9. The Morgan fingerprint density at radius 3 is 2.67 bits per heavy atom. The van der Waals surface area contributed by atoms with Crippen LogP contribution in [-0.2, 0) is 11.3 Å². The molecule has 0 aliphatic carbocycles. The van der Waals surface area contributed by atoms with Gasteiger partial charge in [0, 0.05) is 19.6 Å². The van der Waals surface area contributed by atoms with Crippen LogP contribution < -0.4 is 5.73 Å². The van der Waals surface area contributed by atoms with Crippen molar-refractivity contribution in [3.8, 4) is 0 Å². The Hall–Kier alpha value is -1.67. The van der Waals surface area contributed by atoms with Crippen molar-refractivity contribution < 1.29 is 9.72 Å². The Bertz CT molecular complexity index is 477. The molecule has 1 unspecified atom stereocenters. The molecule has 1 amide bonds. The Morgan fingerprint density at radius 1 is 1.57 bits per heavy atom. The second-order valence-corrected chi connectivity index (χ2v) is 5.14. The van der Waals surface area contributed by atoms with E-state index >= 15 is 0 Å². The molecule has 1 atom stereocenters. The SMILES string of the molecule is CC(C)C(N)CCN(C)C(=O)Cn1ccc([N+](=O)[O-])n1.Cl. The largest absolute Gasteiger partial charge is 0.389 e. The number of nitrogens with two attached hydrogens (primary N) is 1. The van der Waals surface area contributed by atoms with Crippen molar-refractivity contribution in [3.05, 3.63) is 22.4 Å². The molecular formula is C12H22ClN5O3. The first kappa shape index (κ1) is 19.3. The second-order valence-electron chi connectivity index (χ2n) is 5.14. The lowest BCUT2D eigenvalue weighted by atomic mass is 10.0.